The largest absolute Gasteiger partial charge is 0.330 e. The predicted molar refractivity (Wildman–Crippen MR) is 101 cm³/mol. The van der Waals surface area contributed by atoms with Crippen LogP contribution in [0, 0.1) is 11.8 Å². The van der Waals surface area contributed by atoms with Gasteiger partial charge in [0.25, 0.3) is 0 Å². The van der Waals surface area contributed by atoms with E-state index >= 15 is 0 Å². The average molecular weight is 313 g/mol. The molecule has 22 heavy (non-hydrogen) atoms. The third-order valence-electron chi connectivity index (χ3n) is 5.59. The van der Waals surface area contributed by atoms with Gasteiger partial charge in [-0.05, 0) is 44.1 Å². The summed E-state index contributed by atoms with van der Waals surface area (Å²) in [6, 6.07) is 0. The van der Waals surface area contributed by atoms with Crippen LogP contribution in [0.5, 0.6) is 0 Å². The summed E-state index contributed by atoms with van der Waals surface area (Å²) in [6.45, 7) is 10.2. The number of unbranched alkanes of at least 4 members (excludes halogenated alkanes) is 6. The van der Waals surface area contributed by atoms with Crippen molar-refractivity contribution in [2.24, 2.45) is 23.3 Å². The molecule has 2 heteroatoms. The first-order valence-corrected chi connectivity index (χ1v) is 10.0. The molecule has 0 aromatic heterocycles. The second-order valence-electron chi connectivity index (χ2n) is 7.51. The molecule has 0 aromatic rings. The van der Waals surface area contributed by atoms with Crippen molar-refractivity contribution < 1.29 is 0 Å². The van der Waals surface area contributed by atoms with E-state index in [4.69, 9.17) is 11.5 Å². The van der Waals surface area contributed by atoms with Crippen LogP contribution >= 0.6 is 0 Å². The lowest BCUT2D eigenvalue weighted by molar-refractivity contribution is 0.159. The molecular formula is C20H44N2. The van der Waals surface area contributed by atoms with Gasteiger partial charge >= 0.3 is 0 Å². The van der Waals surface area contributed by atoms with E-state index in [1.54, 1.807) is 0 Å². The van der Waals surface area contributed by atoms with Gasteiger partial charge in [0.1, 0.15) is 0 Å². The Bertz CT molecular complexity index is 228. The Morgan fingerprint density at radius 2 is 1.14 bits per heavy atom. The summed E-state index contributed by atoms with van der Waals surface area (Å²) in [5.41, 5.74) is 12.5. The molecule has 2 atom stereocenters. The topological polar surface area (TPSA) is 52.0 Å². The van der Waals surface area contributed by atoms with Crippen molar-refractivity contribution in [3.05, 3.63) is 0 Å². The lowest BCUT2D eigenvalue weighted by atomic mass is 9.70. The van der Waals surface area contributed by atoms with Crippen molar-refractivity contribution >= 4 is 0 Å². The highest BCUT2D eigenvalue weighted by Gasteiger charge is 2.35. The molecule has 0 aromatic carbocycles. The molecule has 0 heterocycles. The number of hydrogen-bond donors (Lipinski definition) is 2. The normalized spacial score (nSPS) is 17.2. The molecule has 4 N–H and O–H groups in total. The third-order valence-corrected chi connectivity index (χ3v) is 5.59. The van der Waals surface area contributed by atoms with E-state index in [0.717, 1.165) is 6.54 Å². The first-order valence-electron chi connectivity index (χ1n) is 10.0. The second-order valence-corrected chi connectivity index (χ2v) is 7.51. The monoisotopic (exact) mass is 312 g/mol. The van der Waals surface area contributed by atoms with Crippen molar-refractivity contribution in [2.75, 3.05) is 6.54 Å². The van der Waals surface area contributed by atoms with Crippen LogP contribution in [0.1, 0.15) is 105 Å². The molecule has 0 aliphatic rings. The fourth-order valence-electron chi connectivity index (χ4n) is 3.84. The highest BCUT2D eigenvalue weighted by Crippen LogP contribution is 2.34. The predicted octanol–water partition coefficient (Wildman–Crippen LogP) is 5.64. The summed E-state index contributed by atoms with van der Waals surface area (Å²) < 4.78 is 0. The Morgan fingerprint density at radius 3 is 1.55 bits per heavy atom. The summed E-state index contributed by atoms with van der Waals surface area (Å²) in [5.74, 6) is 1.28. The number of hydrogen-bond acceptors (Lipinski definition) is 2. The van der Waals surface area contributed by atoms with Crippen LogP contribution in [-0.2, 0) is 0 Å². The van der Waals surface area contributed by atoms with Gasteiger partial charge in [0.15, 0.2) is 0 Å². The summed E-state index contributed by atoms with van der Waals surface area (Å²) in [5, 5.41) is 0. The molecule has 2 nitrogen and oxygen atoms in total. The maximum absolute atomic E-state index is 6.92. The minimum absolute atomic E-state index is 0.0472. The quantitative estimate of drug-likeness (QED) is 0.385. The molecule has 0 aliphatic carbocycles. The highest BCUT2D eigenvalue weighted by molar-refractivity contribution is 4.93. The fourth-order valence-corrected chi connectivity index (χ4v) is 3.84. The van der Waals surface area contributed by atoms with E-state index in [1.165, 1.54) is 77.0 Å². The van der Waals surface area contributed by atoms with Gasteiger partial charge < -0.3 is 11.5 Å². The summed E-state index contributed by atoms with van der Waals surface area (Å²) in [6.07, 6.45) is 15.5. The number of nitrogens with two attached hydrogens (primary N) is 2. The second kappa shape index (κ2) is 13.4. The Kier molecular flexibility index (Phi) is 13.3. The molecule has 0 bridgehead atoms. The standard InChI is InChI=1S/C20H44N2/c1-5-14-18(3)20(22,19(4)15-6-2)16-12-10-8-7-9-11-13-17-21/h18-19H,5-17,21-22H2,1-4H3. The maximum Gasteiger partial charge on any atom is 0.0206 e. The van der Waals surface area contributed by atoms with Crippen LogP contribution in [0.4, 0.5) is 0 Å². The smallest absolute Gasteiger partial charge is 0.0206 e. The van der Waals surface area contributed by atoms with Crippen LogP contribution < -0.4 is 11.5 Å². The fraction of sp³-hybridized carbons (Fsp3) is 1.00. The van der Waals surface area contributed by atoms with Gasteiger partial charge in [-0.3, -0.25) is 0 Å². The summed E-state index contributed by atoms with van der Waals surface area (Å²) >= 11 is 0. The maximum atomic E-state index is 6.92. The van der Waals surface area contributed by atoms with E-state index in [0.29, 0.717) is 11.8 Å². The minimum atomic E-state index is 0.0472. The van der Waals surface area contributed by atoms with E-state index in [-0.39, 0.29) is 5.54 Å². The van der Waals surface area contributed by atoms with E-state index < -0.39 is 0 Å². The Morgan fingerprint density at radius 1 is 0.727 bits per heavy atom. The van der Waals surface area contributed by atoms with Gasteiger partial charge in [-0.15, -0.1) is 0 Å². The average Bonchev–Trinajstić information content (AvgIpc) is 2.50. The molecular weight excluding hydrogens is 268 g/mol. The molecule has 0 radical (unpaired) electrons. The molecule has 0 fully saturated rings. The van der Waals surface area contributed by atoms with Crippen molar-refractivity contribution in [1.82, 2.24) is 0 Å². The van der Waals surface area contributed by atoms with Crippen molar-refractivity contribution in [1.29, 1.82) is 0 Å². The first-order chi connectivity index (χ1) is 10.5. The van der Waals surface area contributed by atoms with Crippen molar-refractivity contribution in [3.63, 3.8) is 0 Å². The lowest BCUT2D eigenvalue weighted by Gasteiger charge is -2.41. The summed E-state index contributed by atoms with van der Waals surface area (Å²) in [4.78, 5) is 0. The van der Waals surface area contributed by atoms with Crippen LogP contribution in [0.25, 0.3) is 0 Å². The Hall–Kier alpha value is -0.0800. The van der Waals surface area contributed by atoms with Crippen LogP contribution in [0.15, 0.2) is 0 Å². The lowest BCUT2D eigenvalue weighted by Crippen LogP contribution is -2.51. The molecule has 2 unspecified atom stereocenters. The van der Waals surface area contributed by atoms with Gasteiger partial charge in [-0.2, -0.15) is 0 Å². The van der Waals surface area contributed by atoms with Crippen molar-refractivity contribution in [2.45, 2.75) is 110 Å². The molecule has 0 aliphatic heterocycles. The van der Waals surface area contributed by atoms with Gasteiger partial charge in [-0.25, -0.2) is 0 Å². The zero-order chi connectivity index (χ0) is 16.8. The molecule has 0 saturated heterocycles. The van der Waals surface area contributed by atoms with Crippen LogP contribution in [0.3, 0.4) is 0 Å². The van der Waals surface area contributed by atoms with E-state index in [9.17, 15) is 0 Å². The molecule has 134 valence electrons. The molecule has 0 spiro atoms. The number of rotatable bonds is 15. The van der Waals surface area contributed by atoms with E-state index in [1.807, 2.05) is 0 Å². The Labute approximate surface area is 140 Å². The van der Waals surface area contributed by atoms with Gasteiger partial charge in [0.2, 0.25) is 0 Å². The third kappa shape index (κ3) is 8.53. The molecule has 0 amide bonds. The van der Waals surface area contributed by atoms with Crippen LogP contribution in [-0.4, -0.2) is 12.1 Å². The molecule has 0 saturated carbocycles. The van der Waals surface area contributed by atoms with Crippen molar-refractivity contribution in [3.8, 4) is 0 Å². The van der Waals surface area contributed by atoms with Gasteiger partial charge in [0, 0.05) is 5.54 Å². The zero-order valence-electron chi connectivity index (χ0n) is 16.0. The molecule has 0 rings (SSSR count). The van der Waals surface area contributed by atoms with Crippen LogP contribution in [0.2, 0.25) is 0 Å². The summed E-state index contributed by atoms with van der Waals surface area (Å²) in [7, 11) is 0. The zero-order valence-corrected chi connectivity index (χ0v) is 16.0. The van der Waals surface area contributed by atoms with E-state index in [2.05, 4.69) is 27.7 Å². The highest BCUT2D eigenvalue weighted by atomic mass is 14.8. The van der Waals surface area contributed by atoms with Gasteiger partial charge in [0.05, 0.1) is 0 Å². The van der Waals surface area contributed by atoms with Gasteiger partial charge in [-0.1, -0.05) is 79.1 Å². The SMILES string of the molecule is CCCC(C)C(N)(CCCCCCCCCN)C(C)CCC. The minimum Gasteiger partial charge on any atom is -0.330 e. The first kappa shape index (κ1) is 21.9. The Balaban J connectivity index is 4.13.